The van der Waals surface area contributed by atoms with Crippen LogP contribution in [0.3, 0.4) is 0 Å². The molecule has 0 saturated carbocycles. The van der Waals surface area contributed by atoms with Gasteiger partial charge in [0.1, 0.15) is 11.4 Å². The summed E-state index contributed by atoms with van der Waals surface area (Å²) in [6, 6.07) is 21.7. The first kappa shape index (κ1) is 20.5. The summed E-state index contributed by atoms with van der Waals surface area (Å²) in [7, 11) is 3.62. The summed E-state index contributed by atoms with van der Waals surface area (Å²) in [5, 5.41) is 7.79. The van der Waals surface area contributed by atoms with Crippen LogP contribution in [0.5, 0.6) is 5.75 Å². The molecule has 0 unspecified atom stereocenters. The second-order valence-corrected chi connectivity index (χ2v) is 7.48. The number of aryl methyl sites for hydroxylation is 1. The highest BCUT2D eigenvalue weighted by molar-refractivity contribution is 6.00. The highest BCUT2D eigenvalue weighted by Gasteiger charge is 2.21. The predicted octanol–water partition coefficient (Wildman–Crippen LogP) is 4.18. The van der Waals surface area contributed by atoms with Gasteiger partial charge in [-0.1, -0.05) is 42.5 Å². The number of hydrogen-bond acceptors (Lipinski definition) is 3. The lowest BCUT2D eigenvalue weighted by atomic mass is 10.1. The molecule has 6 nitrogen and oxygen atoms in total. The van der Waals surface area contributed by atoms with Crippen LogP contribution in [0.4, 0.5) is 0 Å². The number of amides is 1. The zero-order valence-electron chi connectivity index (χ0n) is 18.0. The number of carbonyl (C=O) groups is 1. The van der Waals surface area contributed by atoms with E-state index in [9.17, 15) is 4.79 Å². The maximum atomic E-state index is 13.2. The molecule has 2 heterocycles. The number of hydrogen-bond donors (Lipinski definition) is 1. The number of aromatic nitrogens is 3. The molecule has 0 fully saturated rings. The predicted molar refractivity (Wildman–Crippen MR) is 121 cm³/mol. The summed E-state index contributed by atoms with van der Waals surface area (Å²) < 4.78 is 9.40. The number of para-hydroxylation sites is 1. The minimum absolute atomic E-state index is 0.168. The van der Waals surface area contributed by atoms with E-state index in [1.54, 1.807) is 18.0 Å². The summed E-state index contributed by atoms with van der Waals surface area (Å²) in [4.78, 5) is 13.2. The molecule has 4 aromatic rings. The SMILES string of the molecule is COc1ccccc1-c1nn(Cc2ccccc2)cc1C(=O)NCc1ccc(C)n1C. The van der Waals surface area contributed by atoms with E-state index in [2.05, 4.69) is 9.88 Å². The van der Waals surface area contributed by atoms with E-state index >= 15 is 0 Å². The third-order valence-corrected chi connectivity index (χ3v) is 5.46. The Hall–Kier alpha value is -3.80. The van der Waals surface area contributed by atoms with Gasteiger partial charge in [0.25, 0.3) is 5.91 Å². The van der Waals surface area contributed by atoms with E-state index < -0.39 is 0 Å². The molecule has 4 rings (SSSR count). The molecular weight excluding hydrogens is 388 g/mol. The van der Waals surface area contributed by atoms with Crippen molar-refractivity contribution < 1.29 is 9.53 Å². The first-order valence-corrected chi connectivity index (χ1v) is 10.2. The second-order valence-electron chi connectivity index (χ2n) is 7.48. The summed E-state index contributed by atoms with van der Waals surface area (Å²) in [6.45, 7) is 3.06. The first-order valence-electron chi connectivity index (χ1n) is 10.2. The Morgan fingerprint density at radius 2 is 1.77 bits per heavy atom. The topological polar surface area (TPSA) is 61.1 Å². The summed E-state index contributed by atoms with van der Waals surface area (Å²) >= 11 is 0. The van der Waals surface area contributed by atoms with Crippen molar-refractivity contribution in [3.63, 3.8) is 0 Å². The Kier molecular flexibility index (Phi) is 5.89. The molecule has 0 aliphatic heterocycles. The molecule has 0 bridgehead atoms. The van der Waals surface area contributed by atoms with Gasteiger partial charge in [0.05, 0.1) is 25.8 Å². The fourth-order valence-electron chi connectivity index (χ4n) is 3.59. The number of rotatable bonds is 7. The smallest absolute Gasteiger partial charge is 0.255 e. The van der Waals surface area contributed by atoms with Gasteiger partial charge < -0.3 is 14.6 Å². The maximum Gasteiger partial charge on any atom is 0.255 e. The molecular formula is C25H26N4O2. The van der Waals surface area contributed by atoms with Gasteiger partial charge in [0, 0.05) is 30.2 Å². The van der Waals surface area contributed by atoms with Crippen LogP contribution in [0.2, 0.25) is 0 Å². The molecule has 0 aliphatic carbocycles. The standard InChI is InChI=1S/C25H26N4O2/c1-18-13-14-20(28(18)2)15-26-25(30)22-17-29(16-19-9-5-4-6-10-19)27-24(22)21-11-7-8-12-23(21)31-3/h4-14,17H,15-16H2,1-3H3,(H,26,30). The van der Waals surface area contributed by atoms with Crippen molar-refractivity contribution in [3.8, 4) is 17.0 Å². The molecule has 1 N–H and O–H groups in total. The van der Waals surface area contributed by atoms with Gasteiger partial charge >= 0.3 is 0 Å². The van der Waals surface area contributed by atoms with Gasteiger partial charge in [0.15, 0.2) is 0 Å². The van der Waals surface area contributed by atoms with Crippen LogP contribution < -0.4 is 10.1 Å². The van der Waals surface area contributed by atoms with E-state index in [1.165, 1.54) is 0 Å². The average molecular weight is 415 g/mol. The molecule has 0 spiro atoms. The Balaban J connectivity index is 1.67. The fourth-order valence-corrected chi connectivity index (χ4v) is 3.59. The van der Waals surface area contributed by atoms with Crippen molar-refractivity contribution >= 4 is 5.91 Å². The third kappa shape index (κ3) is 4.38. The van der Waals surface area contributed by atoms with Crippen molar-refractivity contribution in [1.82, 2.24) is 19.7 Å². The lowest BCUT2D eigenvalue weighted by Crippen LogP contribution is -2.24. The molecule has 0 saturated heterocycles. The molecule has 2 aromatic carbocycles. The Morgan fingerprint density at radius 3 is 2.48 bits per heavy atom. The van der Waals surface area contributed by atoms with Crippen molar-refractivity contribution in [1.29, 1.82) is 0 Å². The van der Waals surface area contributed by atoms with Crippen LogP contribution in [0, 0.1) is 6.92 Å². The number of nitrogens with one attached hydrogen (secondary N) is 1. The lowest BCUT2D eigenvalue weighted by molar-refractivity contribution is 0.0950. The van der Waals surface area contributed by atoms with E-state index in [1.807, 2.05) is 80.7 Å². The van der Waals surface area contributed by atoms with Crippen LogP contribution in [0.1, 0.15) is 27.3 Å². The Morgan fingerprint density at radius 1 is 1.03 bits per heavy atom. The molecule has 6 heteroatoms. The van der Waals surface area contributed by atoms with Crippen LogP contribution in [0.15, 0.2) is 72.9 Å². The highest BCUT2D eigenvalue weighted by Crippen LogP contribution is 2.31. The van der Waals surface area contributed by atoms with Gasteiger partial charge in [-0.05, 0) is 36.8 Å². The zero-order chi connectivity index (χ0) is 21.8. The van der Waals surface area contributed by atoms with Crippen LogP contribution >= 0.6 is 0 Å². The normalized spacial score (nSPS) is 10.8. The van der Waals surface area contributed by atoms with Crippen LogP contribution in [-0.2, 0) is 20.1 Å². The first-order chi connectivity index (χ1) is 15.1. The molecule has 1 amide bonds. The number of methoxy groups -OCH3 is 1. The Bertz CT molecular complexity index is 1190. The quantitative estimate of drug-likeness (QED) is 0.493. The lowest BCUT2D eigenvalue weighted by Gasteiger charge is -2.09. The monoisotopic (exact) mass is 414 g/mol. The van der Waals surface area contributed by atoms with Gasteiger partial charge in [-0.25, -0.2) is 0 Å². The Labute approximate surface area is 182 Å². The van der Waals surface area contributed by atoms with E-state index in [0.29, 0.717) is 30.1 Å². The van der Waals surface area contributed by atoms with E-state index in [4.69, 9.17) is 9.84 Å². The zero-order valence-corrected chi connectivity index (χ0v) is 18.0. The summed E-state index contributed by atoms with van der Waals surface area (Å²) in [6.07, 6.45) is 1.81. The van der Waals surface area contributed by atoms with Crippen LogP contribution in [0.25, 0.3) is 11.3 Å². The van der Waals surface area contributed by atoms with Gasteiger partial charge in [-0.3, -0.25) is 9.48 Å². The summed E-state index contributed by atoms with van der Waals surface area (Å²) in [5.41, 5.74) is 5.22. The minimum Gasteiger partial charge on any atom is -0.496 e. The highest BCUT2D eigenvalue weighted by atomic mass is 16.5. The number of ether oxygens (including phenoxy) is 1. The largest absolute Gasteiger partial charge is 0.496 e. The van der Waals surface area contributed by atoms with Gasteiger partial charge in [-0.2, -0.15) is 5.10 Å². The van der Waals surface area contributed by atoms with E-state index in [0.717, 1.165) is 22.5 Å². The van der Waals surface area contributed by atoms with Crippen molar-refractivity contribution in [2.45, 2.75) is 20.0 Å². The number of carbonyl (C=O) groups excluding carboxylic acids is 1. The van der Waals surface area contributed by atoms with Gasteiger partial charge in [-0.15, -0.1) is 0 Å². The average Bonchev–Trinajstić information content (AvgIpc) is 3.36. The second kappa shape index (κ2) is 8.92. The minimum atomic E-state index is -0.168. The molecule has 158 valence electrons. The molecule has 31 heavy (non-hydrogen) atoms. The molecule has 0 atom stereocenters. The molecule has 0 radical (unpaired) electrons. The molecule has 2 aromatic heterocycles. The van der Waals surface area contributed by atoms with Crippen molar-refractivity contribution in [3.05, 3.63) is 95.4 Å². The molecule has 0 aliphatic rings. The van der Waals surface area contributed by atoms with Crippen molar-refractivity contribution in [2.24, 2.45) is 7.05 Å². The van der Waals surface area contributed by atoms with E-state index in [-0.39, 0.29) is 5.91 Å². The van der Waals surface area contributed by atoms with Crippen molar-refractivity contribution in [2.75, 3.05) is 7.11 Å². The number of nitrogens with zero attached hydrogens (tertiary/aromatic N) is 3. The van der Waals surface area contributed by atoms with Crippen LogP contribution in [-0.4, -0.2) is 27.4 Å². The number of benzene rings is 2. The fraction of sp³-hybridized carbons (Fsp3) is 0.200. The summed E-state index contributed by atoms with van der Waals surface area (Å²) in [5.74, 6) is 0.513. The third-order valence-electron chi connectivity index (χ3n) is 5.46. The maximum absolute atomic E-state index is 13.2. The van der Waals surface area contributed by atoms with Gasteiger partial charge in [0.2, 0.25) is 0 Å².